The molecule has 0 bridgehead atoms. The lowest BCUT2D eigenvalue weighted by atomic mass is 10.0. The van der Waals surface area contributed by atoms with Crippen molar-refractivity contribution >= 4 is 27.5 Å². The lowest BCUT2D eigenvalue weighted by Gasteiger charge is -2.35. The zero-order valence-electron chi connectivity index (χ0n) is 19.8. The highest BCUT2D eigenvalue weighted by atomic mass is 32.2. The number of carbonyl (C=O) groups excluding carboxylic acids is 2. The number of anilines is 1. The molecule has 8 heteroatoms. The number of benzene rings is 2. The summed E-state index contributed by atoms with van der Waals surface area (Å²) in [7, 11) is -3.64. The van der Waals surface area contributed by atoms with E-state index in [-0.39, 0.29) is 12.6 Å². The Labute approximate surface area is 196 Å². The van der Waals surface area contributed by atoms with E-state index in [1.54, 1.807) is 17.3 Å². The van der Waals surface area contributed by atoms with E-state index in [2.05, 4.69) is 10.6 Å². The summed E-state index contributed by atoms with van der Waals surface area (Å²) < 4.78 is 28.4. The third kappa shape index (κ3) is 6.00. The molecule has 1 aliphatic heterocycles. The molecule has 0 aromatic heterocycles. The maximum atomic E-state index is 13.4. The zero-order valence-corrected chi connectivity index (χ0v) is 20.6. The predicted octanol–water partition coefficient (Wildman–Crippen LogP) is 3.61. The van der Waals surface area contributed by atoms with Crippen LogP contribution in [0.1, 0.15) is 47.9 Å². The van der Waals surface area contributed by atoms with Crippen LogP contribution >= 0.6 is 0 Å². The molecule has 1 fully saturated rings. The molecule has 33 heavy (non-hydrogen) atoms. The summed E-state index contributed by atoms with van der Waals surface area (Å²) in [5.74, 6) is -1.46. The van der Waals surface area contributed by atoms with Crippen molar-refractivity contribution in [3.63, 3.8) is 0 Å². The van der Waals surface area contributed by atoms with Crippen LogP contribution in [0.4, 0.5) is 5.69 Å². The minimum atomic E-state index is -3.64. The van der Waals surface area contributed by atoms with Gasteiger partial charge in [-0.25, -0.2) is 8.42 Å². The van der Waals surface area contributed by atoms with Gasteiger partial charge in [-0.1, -0.05) is 30.7 Å². The van der Waals surface area contributed by atoms with Gasteiger partial charge in [0.25, 0.3) is 0 Å². The standard InChI is InChI=1S/C25H33N3O4S/c1-17-8-10-19(3)22(15-17)27-25(30)24(29)26-13-12-21-7-5-6-14-28(21)33(31,32)23-16-18(2)9-11-20(23)4/h8-11,15-16,21H,5-7,12-14H2,1-4H3,(H,26,29)(H,27,30). The Kier molecular flexibility index (Phi) is 7.92. The van der Waals surface area contributed by atoms with Crippen molar-refractivity contribution in [3.05, 3.63) is 58.7 Å². The number of piperidine rings is 1. The van der Waals surface area contributed by atoms with Crippen LogP contribution in [0.3, 0.4) is 0 Å². The van der Waals surface area contributed by atoms with Crippen molar-refractivity contribution in [1.29, 1.82) is 0 Å². The number of sulfonamides is 1. The first kappa shape index (κ1) is 24.9. The Morgan fingerprint density at radius 1 is 0.939 bits per heavy atom. The Hall–Kier alpha value is -2.71. The second-order valence-electron chi connectivity index (χ2n) is 8.85. The van der Waals surface area contributed by atoms with Crippen LogP contribution in [0.25, 0.3) is 0 Å². The van der Waals surface area contributed by atoms with Crippen LogP contribution in [0.2, 0.25) is 0 Å². The van der Waals surface area contributed by atoms with E-state index in [4.69, 9.17) is 0 Å². The summed E-state index contributed by atoms with van der Waals surface area (Å²) in [6.45, 7) is 8.15. The van der Waals surface area contributed by atoms with E-state index in [0.29, 0.717) is 23.5 Å². The molecule has 2 aromatic rings. The molecule has 0 saturated carbocycles. The van der Waals surface area contributed by atoms with Crippen molar-refractivity contribution in [2.75, 3.05) is 18.4 Å². The summed E-state index contributed by atoms with van der Waals surface area (Å²) >= 11 is 0. The molecule has 1 saturated heterocycles. The van der Waals surface area contributed by atoms with Crippen LogP contribution < -0.4 is 10.6 Å². The highest BCUT2D eigenvalue weighted by Gasteiger charge is 2.34. The molecule has 1 aliphatic rings. The second-order valence-corrected chi connectivity index (χ2v) is 10.7. The SMILES string of the molecule is Cc1ccc(C)c(NC(=O)C(=O)NCCC2CCCCN2S(=O)(=O)c2cc(C)ccc2C)c1. The van der Waals surface area contributed by atoms with Crippen molar-refractivity contribution in [1.82, 2.24) is 9.62 Å². The third-order valence-corrected chi connectivity index (χ3v) is 8.21. The summed E-state index contributed by atoms with van der Waals surface area (Å²) in [6, 6.07) is 10.9. The molecular weight excluding hydrogens is 438 g/mol. The van der Waals surface area contributed by atoms with Gasteiger partial charge in [-0.15, -0.1) is 0 Å². The lowest BCUT2D eigenvalue weighted by molar-refractivity contribution is -0.136. The lowest BCUT2D eigenvalue weighted by Crippen LogP contribution is -2.46. The predicted molar refractivity (Wildman–Crippen MR) is 130 cm³/mol. The van der Waals surface area contributed by atoms with E-state index < -0.39 is 21.8 Å². The molecule has 2 aromatic carbocycles. The van der Waals surface area contributed by atoms with Gasteiger partial charge in [0, 0.05) is 24.8 Å². The number of hydrogen-bond acceptors (Lipinski definition) is 4. The molecule has 3 rings (SSSR count). The van der Waals surface area contributed by atoms with Crippen LogP contribution in [0.15, 0.2) is 41.3 Å². The summed E-state index contributed by atoms with van der Waals surface area (Å²) in [5.41, 5.74) is 4.08. The van der Waals surface area contributed by atoms with Gasteiger partial charge in [0.05, 0.1) is 4.90 Å². The average molecular weight is 472 g/mol. The van der Waals surface area contributed by atoms with Crippen molar-refractivity contribution < 1.29 is 18.0 Å². The third-order valence-electron chi connectivity index (χ3n) is 6.11. The first-order chi connectivity index (χ1) is 15.6. The van der Waals surface area contributed by atoms with Gasteiger partial charge in [0.1, 0.15) is 0 Å². The maximum absolute atomic E-state index is 13.4. The quantitative estimate of drug-likeness (QED) is 0.629. The Bertz CT molecular complexity index is 1140. The minimum absolute atomic E-state index is 0.217. The highest BCUT2D eigenvalue weighted by molar-refractivity contribution is 7.89. The molecule has 178 valence electrons. The number of nitrogens with one attached hydrogen (secondary N) is 2. The summed E-state index contributed by atoms with van der Waals surface area (Å²) in [5, 5.41) is 5.29. The fraction of sp³-hybridized carbons (Fsp3) is 0.440. The topological polar surface area (TPSA) is 95.6 Å². The summed E-state index contributed by atoms with van der Waals surface area (Å²) in [4.78, 5) is 25.0. The van der Waals surface area contributed by atoms with Gasteiger partial charge in [0.15, 0.2) is 0 Å². The first-order valence-electron chi connectivity index (χ1n) is 11.3. The molecule has 2 N–H and O–H groups in total. The fourth-order valence-corrected chi connectivity index (χ4v) is 6.21. The van der Waals surface area contributed by atoms with Crippen molar-refractivity contribution in [3.8, 4) is 0 Å². The van der Waals surface area contributed by atoms with Gasteiger partial charge >= 0.3 is 11.8 Å². The van der Waals surface area contributed by atoms with E-state index in [0.717, 1.165) is 41.5 Å². The normalized spacial score (nSPS) is 16.9. The van der Waals surface area contributed by atoms with Crippen LogP contribution in [-0.4, -0.2) is 43.7 Å². The number of aryl methyl sites for hydroxylation is 4. The van der Waals surface area contributed by atoms with Crippen LogP contribution in [0.5, 0.6) is 0 Å². The Morgan fingerprint density at radius 3 is 2.33 bits per heavy atom. The molecule has 1 heterocycles. The van der Waals surface area contributed by atoms with Crippen LogP contribution in [-0.2, 0) is 19.6 Å². The van der Waals surface area contributed by atoms with Gasteiger partial charge in [0.2, 0.25) is 10.0 Å². The maximum Gasteiger partial charge on any atom is 0.313 e. The summed E-state index contributed by atoms with van der Waals surface area (Å²) in [6.07, 6.45) is 2.93. The Balaban J connectivity index is 1.62. The van der Waals surface area contributed by atoms with Crippen LogP contribution in [0, 0.1) is 27.7 Å². The first-order valence-corrected chi connectivity index (χ1v) is 12.8. The number of amides is 2. The zero-order chi connectivity index (χ0) is 24.2. The molecule has 1 unspecified atom stereocenters. The number of carbonyl (C=O) groups is 2. The monoisotopic (exact) mass is 471 g/mol. The smallest absolute Gasteiger partial charge is 0.313 e. The second kappa shape index (κ2) is 10.5. The van der Waals surface area contributed by atoms with E-state index in [1.807, 2.05) is 51.1 Å². The number of hydrogen-bond donors (Lipinski definition) is 2. The van der Waals surface area contributed by atoms with Crippen molar-refractivity contribution in [2.24, 2.45) is 0 Å². The largest absolute Gasteiger partial charge is 0.348 e. The highest BCUT2D eigenvalue weighted by Crippen LogP contribution is 2.29. The molecule has 0 radical (unpaired) electrons. The van der Waals surface area contributed by atoms with Gasteiger partial charge in [-0.2, -0.15) is 4.31 Å². The molecule has 0 spiro atoms. The average Bonchev–Trinajstić information content (AvgIpc) is 2.78. The van der Waals surface area contributed by atoms with Crippen molar-refractivity contribution in [2.45, 2.75) is 64.3 Å². The molecular formula is C25H33N3O4S. The van der Waals surface area contributed by atoms with Gasteiger partial charge < -0.3 is 10.6 Å². The minimum Gasteiger partial charge on any atom is -0.348 e. The molecule has 1 atom stereocenters. The molecule has 2 amide bonds. The molecule has 7 nitrogen and oxygen atoms in total. The molecule has 0 aliphatic carbocycles. The van der Waals surface area contributed by atoms with Gasteiger partial charge in [-0.05, 0) is 81.3 Å². The number of rotatable bonds is 6. The van der Waals surface area contributed by atoms with Gasteiger partial charge in [-0.3, -0.25) is 9.59 Å². The van der Waals surface area contributed by atoms with E-state index >= 15 is 0 Å². The van der Waals surface area contributed by atoms with E-state index in [9.17, 15) is 18.0 Å². The van der Waals surface area contributed by atoms with E-state index in [1.165, 1.54) is 0 Å². The number of nitrogens with zero attached hydrogens (tertiary/aromatic N) is 1. The Morgan fingerprint density at radius 2 is 1.61 bits per heavy atom. The fourth-order valence-electron chi connectivity index (χ4n) is 4.17.